The van der Waals surface area contributed by atoms with Crippen molar-refractivity contribution in [1.29, 1.82) is 0 Å². The van der Waals surface area contributed by atoms with E-state index in [4.69, 9.17) is 0 Å². The fourth-order valence-electron chi connectivity index (χ4n) is 2.82. The Hall–Kier alpha value is -1.37. The van der Waals surface area contributed by atoms with Crippen molar-refractivity contribution in [1.82, 2.24) is 0 Å². The van der Waals surface area contributed by atoms with E-state index in [1.165, 1.54) is 96.0 Å². The standard InChI is InChI=1S/C24H40O/c1-2-3-4-5-6-7-8-9-10-11-12-13-14-15-16-17-18-19-20-21-22-23-24-25/h16-24H,2-15H2,1H3. The maximum atomic E-state index is 10.1. The number of rotatable bonds is 18. The predicted octanol–water partition coefficient (Wildman–Crippen LogP) is 7.89. The van der Waals surface area contributed by atoms with Crippen molar-refractivity contribution in [3.8, 4) is 0 Å². The molecule has 1 nitrogen and oxygen atoms in total. The van der Waals surface area contributed by atoms with Gasteiger partial charge in [0.15, 0.2) is 0 Å². The lowest BCUT2D eigenvalue weighted by Crippen LogP contribution is -1.82. The number of carbonyl (C=O) groups excluding carboxylic acids is 1. The van der Waals surface area contributed by atoms with Gasteiger partial charge in [0.1, 0.15) is 6.29 Å². The van der Waals surface area contributed by atoms with Crippen LogP contribution in [0.2, 0.25) is 0 Å². The van der Waals surface area contributed by atoms with E-state index < -0.39 is 0 Å². The van der Waals surface area contributed by atoms with Crippen LogP contribution in [0.1, 0.15) is 96.8 Å². The second-order valence-electron chi connectivity index (χ2n) is 6.75. The molecule has 0 aliphatic heterocycles. The Labute approximate surface area is 157 Å². The first-order valence-corrected chi connectivity index (χ1v) is 10.5. The molecule has 25 heavy (non-hydrogen) atoms. The van der Waals surface area contributed by atoms with Crippen molar-refractivity contribution >= 4 is 6.29 Å². The summed E-state index contributed by atoms with van der Waals surface area (Å²) >= 11 is 0. The number of hydrogen-bond acceptors (Lipinski definition) is 1. The molecule has 0 radical (unpaired) electrons. The zero-order valence-electron chi connectivity index (χ0n) is 16.5. The first-order valence-electron chi connectivity index (χ1n) is 10.5. The fraction of sp³-hybridized carbons (Fsp3) is 0.625. The molecule has 0 aliphatic rings. The lowest BCUT2D eigenvalue weighted by molar-refractivity contribution is -0.104. The molecule has 0 atom stereocenters. The third kappa shape index (κ3) is 22.6. The van der Waals surface area contributed by atoms with Gasteiger partial charge in [-0.1, -0.05) is 127 Å². The van der Waals surface area contributed by atoms with Crippen LogP contribution in [0.25, 0.3) is 0 Å². The first-order chi connectivity index (χ1) is 12.4. The molecule has 0 aromatic heterocycles. The number of hydrogen-bond donors (Lipinski definition) is 0. The number of carbonyl (C=O) groups is 1. The topological polar surface area (TPSA) is 17.1 Å². The second-order valence-corrected chi connectivity index (χ2v) is 6.75. The van der Waals surface area contributed by atoms with E-state index in [0.29, 0.717) is 0 Å². The molecule has 0 saturated heterocycles. The van der Waals surface area contributed by atoms with Crippen LogP contribution in [-0.4, -0.2) is 6.29 Å². The summed E-state index contributed by atoms with van der Waals surface area (Å²) in [6.07, 6.45) is 35.7. The minimum Gasteiger partial charge on any atom is -0.299 e. The summed E-state index contributed by atoms with van der Waals surface area (Å²) in [5.74, 6) is 0. The van der Waals surface area contributed by atoms with Crippen molar-refractivity contribution in [3.63, 3.8) is 0 Å². The van der Waals surface area contributed by atoms with Crippen LogP contribution in [0.3, 0.4) is 0 Å². The Morgan fingerprint density at radius 2 is 0.880 bits per heavy atom. The van der Waals surface area contributed by atoms with Crippen molar-refractivity contribution in [2.24, 2.45) is 0 Å². The van der Waals surface area contributed by atoms with Gasteiger partial charge in [0.2, 0.25) is 0 Å². The van der Waals surface area contributed by atoms with Crippen LogP contribution in [0.15, 0.2) is 48.6 Å². The minimum absolute atomic E-state index is 0.781. The number of unbranched alkanes of at least 4 members (excludes halogenated alkanes) is 13. The normalized spacial score (nSPS) is 12.4. The van der Waals surface area contributed by atoms with Crippen molar-refractivity contribution < 1.29 is 4.79 Å². The Morgan fingerprint density at radius 3 is 1.36 bits per heavy atom. The van der Waals surface area contributed by atoms with E-state index in [0.717, 1.165) is 6.29 Å². The molecule has 0 rings (SSSR count). The van der Waals surface area contributed by atoms with Gasteiger partial charge in [-0.25, -0.2) is 0 Å². The number of aldehydes is 1. The molecule has 0 saturated carbocycles. The van der Waals surface area contributed by atoms with Crippen LogP contribution in [0.5, 0.6) is 0 Å². The monoisotopic (exact) mass is 344 g/mol. The average Bonchev–Trinajstić information content (AvgIpc) is 2.63. The van der Waals surface area contributed by atoms with Crippen LogP contribution < -0.4 is 0 Å². The predicted molar refractivity (Wildman–Crippen MR) is 113 cm³/mol. The van der Waals surface area contributed by atoms with E-state index >= 15 is 0 Å². The minimum atomic E-state index is 0.781. The zero-order valence-corrected chi connectivity index (χ0v) is 16.5. The van der Waals surface area contributed by atoms with E-state index in [-0.39, 0.29) is 0 Å². The summed E-state index contributed by atoms with van der Waals surface area (Å²) < 4.78 is 0. The Balaban J connectivity index is 3.21. The van der Waals surface area contributed by atoms with Crippen LogP contribution >= 0.6 is 0 Å². The lowest BCUT2D eigenvalue weighted by Gasteiger charge is -2.02. The van der Waals surface area contributed by atoms with Gasteiger partial charge >= 0.3 is 0 Å². The molecule has 0 N–H and O–H groups in total. The maximum absolute atomic E-state index is 10.1. The summed E-state index contributed by atoms with van der Waals surface area (Å²) in [5.41, 5.74) is 0. The molecular formula is C24H40O. The highest BCUT2D eigenvalue weighted by molar-refractivity contribution is 5.65. The SMILES string of the molecule is CCCCCCCCCCCCCCCC=CC=CC=CC=CC=O. The molecule has 0 aromatic rings. The Kier molecular flexibility index (Phi) is 21.4. The van der Waals surface area contributed by atoms with E-state index in [1.54, 1.807) is 6.08 Å². The highest BCUT2D eigenvalue weighted by Crippen LogP contribution is 2.12. The third-order valence-electron chi connectivity index (χ3n) is 4.36. The maximum Gasteiger partial charge on any atom is 0.142 e. The fourth-order valence-corrected chi connectivity index (χ4v) is 2.82. The van der Waals surface area contributed by atoms with Crippen molar-refractivity contribution in [3.05, 3.63) is 48.6 Å². The van der Waals surface area contributed by atoms with Crippen LogP contribution in [-0.2, 0) is 4.79 Å². The molecule has 0 unspecified atom stereocenters. The second kappa shape index (κ2) is 22.6. The summed E-state index contributed by atoms with van der Waals surface area (Å²) in [5, 5.41) is 0. The van der Waals surface area contributed by atoms with Gasteiger partial charge in [-0.2, -0.15) is 0 Å². The molecule has 0 heterocycles. The summed E-state index contributed by atoms with van der Waals surface area (Å²) in [6.45, 7) is 2.28. The molecule has 0 spiro atoms. The molecule has 1 heteroatoms. The molecule has 0 amide bonds. The Bertz CT molecular complexity index is 374. The molecule has 142 valence electrons. The van der Waals surface area contributed by atoms with Gasteiger partial charge in [0, 0.05) is 0 Å². The van der Waals surface area contributed by atoms with Crippen molar-refractivity contribution in [2.45, 2.75) is 96.8 Å². The zero-order chi connectivity index (χ0) is 18.3. The molecule has 0 fully saturated rings. The van der Waals surface area contributed by atoms with Crippen molar-refractivity contribution in [2.75, 3.05) is 0 Å². The average molecular weight is 345 g/mol. The van der Waals surface area contributed by atoms with Gasteiger partial charge in [0.05, 0.1) is 0 Å². The third-order valence-corrected chi connectivity index (χ3v) is 4.36. The van der Waals surface area contributed by atoms with Gasteiger partial charge < -0.3 is 0 Å². The highest BCUT2D eigenvalue weighted by Gasteiger charge is 1.93. The molecule has 0 aromatic carbocycles. The lowest BCUT2D eigenvalue weighted by atomic mass is 10.0. The van der Waals surface area contributed by atoms with Crippen LogP contribution in [0.4, 0.5) is 0 Å². The van der Waals surface area contributed by atoms with E-state index in [1.807, 2.05) is 24.3 Å². The largest absolute Gasteiger partial charge is 0.299 e. The van der Waals surface area contributed by atoms with Gasteiger partial charge in [-0.05, 0) is 18.9 Å². The number of allylic oxidation sites excluding steroid dienone is 8. The quantitative estimate of drug-likeness (QED) is 0.107. The molecular weight excluding hydrogens is 304 g/mol. The Morgan fingerprint density at radius 1 is 0.480 bits per heavy atom. The smallest absolute Gasteiger partial charge is 0.142 e. The van der Waals surface area contributed by atoms with Gasteiger partial charge in [-0.15, -0.1) is 0 Å². The molecule has 0 aliphatic carbocycles. The van der Waals surface area contributed by atoms with Gasteiger partial charge in [0.25, 0.3) is 0 Å². The summed E-state index contributed by atoms with van der Waals surface area (Å²) in [6, 6.07) is 0. The van der Waals surface area contributed by atoms with E-state index in [2.05, 4.69) is 19.1 Å². The summed E-state index contributed by atoms with van der Waals surface area (Å²) in [7, 11) is 0. The summed E-state index contributed by atoms with van der Waals surface area (Å²) in [4.78, 5) is 10.1. The van der Waals surface area contributed by atoms with E-state index in [9.17, 15) is 4.79 Å². The van der Waals surface area contributed by atoms with Gasteiger partial charge in [-0.3, -0.25) is 4.79 Å². The highest BCUT2D eigenvalue weighted by atomic mass is 16.1. The first kappa shape index (κ1) is 23.6. The van der Waals surface area contributed by atoms with Crippen LogP contribution in [0, 0.1) is 0 Å². The molecule has 0 bridgehead atoms.